The molecule has 2 unspecified atom stereocenters. The Labute approximate surface area is 182 Å². The topological polar surface area (TPSA) is 63.5 Å². The molecule has 2 aromatic heterocycles. The molecular weight excluding hydrogens is 402 g/mol. The normalized spacial score (nSPS) is 21.6. The summed E-state index contributed by atoms with van der Waals surface area (Å²) in [7, 11) is 0. The summed E-state index contributed by atoms with van der Waals surface area (Å²) in [5.41, 5.74) is 2.91. The lowest BCUT2D eigenvalue weighted by Crippen LogP contribution is -2.48. The Hall–Kier alpha value is -1.96. The SMILES string of the molecule is CCc1ncccc1C(C)N1CCN(c2cnn(C3CCCCO3)c(=O)c2Cl)CC1. The first-order chi connectivity index (χ1) is 14.6. The fourth-order valence-electron chi connectivity index (χ4n) is 4.45. The predicted octanol–water partition coefficient (Wildman–Crippen LogP) is 3.44. The van der Waals surface area contributed by atoms with Gasteiger partial charge >= 0.3 is 0 Å². The third kappa shape index (κ3) is 4.24. The van der Waals surface area contributed by atoms with E-state index in [2.05, 4.69) is 39.8 Å². The summed E-state index contributed by atoms with van der Waals surface area (Å²) < 4.78 is 7.10. The smallest absolute Gasteiger partial charge is 0.290 e. The molecule has 0 aliphatic carbocycles. The van der Waals surface area contributed by atoms with Crippen molar-refractivity contribution in [3.63, 3.8) is 0 Å². The number of nitrogens with zero attached hydrogens (tertiary/aromatic N) is 5. The van der Waals surface area contributed by atoms with Crippen LogP contribution in [0.1, 0.15) is 56.6 Å². The van der Waals surface area contributed by atoms with Crippen molar-refractivity contribution in [3.05, 3.63) is 51.2 Å². The van der Waals surface area contributed by atoms with E-state index in [-0.39, 0.29) is 16.8 Å². The number of hydrogen-bond acceptors (Lipinski definition) is 6. The van der Waals surface area contributed by atoms with Gasteiger partial charge in [0.25, 0.3) is 5.56 Å². The van der Waals surface area contributed by atoms with Gasteiger partial charge in [0, 0.05) is 50.7 Å². The number of pyridine rings is 1. The van der Waals surface area contributed by atoms with Gasteiger partial charge in [-0.25, -0.2) is 0 Å². The van der Waals surface area contributed by atoms with Crippen LogP contribution in [0.25, 0.3) is 0 Å². The van der Waals surface area contributed by atoms with Crippen LogP contribution in [0.5, 0.6) is 0 Å². The van der Waals surface area contributed by atoms with Crippen molar-refractivity contribution in [2.24, 2.45) is 0 Å². The van der Waals surface area contributed by atoms with Gasteiger partial charge in [-0.1, -0.05) is 24.6 Å². The minimum Gasteiger partial charge on any atom is -0.366 e. The number of piperazine rings is 1. The largest absolute Gasteiger partial charge is 0.366 e. The molecule has 2 saturated heterocycles. The molecule has 162 valence electrons. The first-order valence-electron chi connectivity index (χ1n) is 10.9. The first-order valence-corrected chi connectivity index (χ1v) is 11.3. The number of anilines is 1. The second-order valence-electron chi connectivity index (χ2n) is 8.01. The van der Waals surface area contributed by atoms with Gasteiger partial charge in [-0.15, -0.1) is 0 Å². The van der Waals surface area contributed by atoms with Gasteiger partial charge in [0.2, 0.25) is 0 Å². The van der Waals surface area contributed by atoms with E-state index in [1.165, 1.54) is 10.2 Å². The van der Waals surface area contributed by atoms with E-state index in [1.54, 1.807) is 6.20 Å². The molecule has 0 radical (unpaired) electrons. The second kappa shape index (κ2) is 9.45. The lowest BCUT2D eigenvalue weighted by atomic mass is 10.0. The van der Waals surface area contributed by atoms with E-state index in [1.807, 2.05) is 12.3 Å². The zero-order valence-corrected chi connectivity index (χ0v) is 18.5. The zero-order valence-electron chi connectivity index (χ0n) is 17.8. The lowest BCUT2D eigenvalue weighted by molar-refractivity contribution is -0.0424. The molecule has 0 spiro atoms. The van der Waals surface area contributed by atoms with Crippen molar-refractivity contribution >= 4 is 17.3 Å². The Kier molecular flexibility index (Phi) is 6.71. The van der Waals surface area contributed by atoms with Gasteiger partial charge in [-0.3, -0.25) is 14.7 Å². The molecule has 0 aromatic carbocycles. The molecular formula is C22H30ClN5O2. The molecule has 4 heterocycles. The van der Waals surface area contributed by atoms with Gasteiger partial charge in [-0.2, -0.15) is 9.78 Å². The molecule has 30 heavy (non-hydrogen) atoms. The van der Waals surface area contributed by atoms with Gasteiger partial charge < -0.3 is 9.64 Å². The first kappa shape index (κ1) is 21.3. The molecule has 2 aromatic rings. The van der Waals surface area contributed by atoms with Crippen LogP contribution < -0.4 is 10.5 Å². The Balaban J connectivity index is 1.45. The standard InChI is InChI=1S/C22H30ClN5O2/c1-3-18-17(7-6-9-24-18)16(2)26-10-12-27(13-11-26)19-15-25-28(22(29)21(19)23)20-8-4-5-14-30-20/h6-7,9,15-16,20H,3-5,8,10-14H2,1-2H3. The number of aryl methyl sites for hydroxylation is 1. The summed E-state index contributed by atoms with van der Waals surface area (Å²) in [5.74, 6) is 0. The van der Waals surface area contributed by atoms with Crippen LogP contribution in [0.3, 0.4) is 0 Å². The van der Waals surface area contributed by atoms with Gasteiger partial charge in [-0.05, 0) is 44.2 Å². The molecule has 2 aliphatic rings. The van der Waals surface area contributed by atoms with Gasteiger partial charge in [0.1, 0.15) is 5.02 Å². The van der Waals surface area contributed by atoms with Crippen molar-refractivity contribution in [1.82, 2.24) is 19.7 Å². The van der Waals surface area contributed by atoms with Gasteiger partial charge in [0.15, 0.2) is 6.23 Å². The van der Waals surface area contributed by atoms with Gasteiger partial charge in [0.05, 0.1) is 11.9 Å². The molecule has 2 fully saturated rings. The highest BCUT2D eigenvalue weighted by atomic mass is 35.5. The van der Waals surface area contributed by atoms with Crippen LogP contribution in [0.2, 0.25) is 5.02 Å². The molecule has 7 nitrogen and oxygen atoms in total. The quantitative estimate of drug-likeness (QED) is 0.722. The van der Waals surface area contributed by atoms with E-state index >= 15 is 0 Å². The summed E-state index contributed by atoms with van der Waals surface area (Å²) in [6.07, 6.45) is 7.08. The Morgan fingerprint density at radius 3 is 2.77 bits per heavy atom. The Morgan fingerprint density at radius 1 is 1.27 bits per heavy atom. The Morgan fingerprint density at radius 2 is 2.07 bits per heavy atom. The lowest BCUT2D eigenvalue weighted by Gasteiger charge is -2.39. The third-order valence-electron chi connectivity index (χ3n) is 6.27. The van der Waals surface area contributed by atoms with Crippen molar-refractivity contribution in [3.8, 4) is 0 Å². The molecule has 0 bridgehead atoms. The fourth-order valence-corrected chi connectivity index (χ4v) is 4.71. The number of ether oxygens (including phenoxy) is 1. The van der Waals surface area contributed by atoms with Crippen LogP contribution >= 0.6 is 11.6 Å². The van der Waals surface area contributed by atoms with E-state index in [9.17, 15) is 4.79 Å². The van der Waals surface area contributed by atoms with Crippen LogP contribution in [0.4, 0.5) is 5.69 Å². The molecule has 2 atom stereocenters. The average Bonchev–Trinajstić information content (AvgIpc) is 2.81. The average molecular weight is 432 g/mol. The molecule has 0 saturated carbocycles. The highest BCUT2D eigenvalue weighted by molar-refractivity contribution is 6.33. The minimum atomic E-state index is -0.303. The van der Waals surface area contributed by atoms with E-state index < -0.39 is 0 Å². The highest BCUT2D eigenvalue weighted by Crippen LogP contribution is 2.28. The van der Waals surface area contributed by atoms with Crippen LogP contribution in [0.15, 0.2) is 29.3 Å². The highest BCUT2D eigenvalue weighted by Gasteiger charge is 2.27. The zero-order chi connectivity index (χ0) is 21.1. The number of aromatic nitrogens is 3. The Bertz CT molecular complexity index is 920. The monoisotopic (exact) mass is 431 g/mol. The van der Waals surface area contributed by atoms with E-state index in [0.717, 1.165) is 63.2 Å². The predicted molar refractivity (Wildman–Crippen MR) is 118 cm³/mol. The summed E-state index contributed by atoms with van der Waals surface area (Å²) in [4.78, 5) is 22.0. The summed E-state index contributed by atoms with van der Waals surface area (Å²) in [5, 5.41) is 4.63. The number of halogens is 1. The molecule has 0 N–H and O–H groups in total. The van der Waals surface area contributed by atoms with E-state index in [0.29, 0.717) is 12.6 Å². The maximum atomic E-state index is 12.8. The summed E-state index contributed by atoms with van der Waals surface area (Å²) >= 11 is 6.49. The van der Waals surface area contributed by atoms with Crippen molar-refractivity contribution in [1.29, 1.82) is 0 Å². The molecule has 0 amide bonds. The minimum absolute atomic E-state index is 0.237. The number of hydrogen-bond donors (Lipinski definition) is 0. The molecule has 4 rings (SSSR count). The van der Waals surface area contributed by atoms with E-state index in [4.69, 9.17) is 16.3 Å². The van der Waals surface area contributed by atoms with Crippen LogP contribution in [-0.2, 0) is 11.2 Å². The maximum absolute atomic E-state index is 12.8. The van der Waals surface area contributed by atoms with Crippen LogP contribution in [-0.4, -0.2) is 52.5 Å². The molecule has 8 heteroatoms. The maximum Gasteiger partial charge on any atom is 0.290 e. The van der Waals surface area contributed by atoms with Crippen LogP contribution in [0, 0.1) is 0 Å². The second-order valence-corrected chi connectivity index (χ2v) is 8.38. The fraction of sp³-hybridized carbons (Fsp3) is 0.591. The third-order valence-corrected chi connectivity index (χ3v) is 6.62. The summed E-state index contributed by atoms with van der Waals surface area (Å²) in [6.45, 7) is 8.44. The summed E-state index contributed by atoms with van der Waals surface area (Å²) in [6, 6.07) is 4.50. The van der Waals surface area contributed by atoms with Crippen molar-refractivity contribution in [2.75, 3.05) is 37.7 Å². The number of rotatable bonds is 5. The van der Waals surface area contributed by atoms with Crippen molar-refractivity contribution in [2.45, 2.75) is 51.8 Å². The molecule has 2 aliphatic heterocycles. The van der Waals surface area contributed by atoms with Crippen molar-refractivity contribution < 1.29 is 4.74 Å².